The summed E-state index contributed by atoms with van der Waals surface area (Å²) < 4.78 is 0. The Morgan fingerprint density at radius 1 is 1.25 bits per heavy atom. The van der Waals surface area contributed by atoms with Gasteiger partial charge in [-0.2, -0.15) is 11.8 Å². The first-order valence-corrected chi connectivity index (χ1v) is 6.16. The summed E-state index contributed by atoms with van der Waals surface area (Å²) in [5, 5.41) is 0. The van der Waals surface area contributed by atoms with Crippen LogP contribution in [0.25, 0.3) is 0 Å². The van der Waals surface area contributed by atoms with Crippen LogP contribution in [0.5, 0.6) is 0 Å². The first kappa shape index (κ1) is 12.1. The van der Waals surface area contributed by atoms with Crippen LogP contribution in [-0.4, -0.2) is 11.5 Å². The molecule has 0 aliphatic rings. The lowest BCUT2D eigenvalue weighted by Gasteiger charge is -2.00. The van der Waals surface area contributed by atoms with E-state index >= 15 is 0 Å². The Kier molecular flexibility index (Phi) is 9.25. The standard InChI is InChI=1S/C11H22S/c1-4-9-12-10-7-6-8-11(3)5-2/h5H,4,6-10H2,1-3H3/b11-5+. The van der Waals surface area contributed by atoms with Gasteiger partial charge in [-0.1, -0.05) is 18.6 Å². The minimum absolute atomic E-state index is 1.29. The van der Waals surface area contributed by atoms with Gasteiger partial charge in [0.05, 0.1) is 0 Å². The molecule has 0 aliphatic carbocycles. The van der Waals surface area contributed by atoms with Crippen LogP contribution in [-0.2, 0) is 0 Å². The fourth-order valence-corrected chi connectivity index (χ4v) is 1.90. The summed E-state index contributed by atoms with van der Waals surface area (Å²) >= 11 is 2.09. The molecule has 1 heteroatoms. The highest BCUT2D eigenvalue weighted by Crippen LogP contribution is 2.10. The Balaban J connectivity index is 3.00. The fourth-order valence-electron chi connectivity index (χ4n) is 0.999. The monoisotopic (exact) mass is 186 g/mol. The van der Waals surface area contributed by atoms with Gasteiger partial charge < -0.3 is 0 Å². The smallest absolute Gasteiger partial charge is 0.00674 e. The van der Waals surface area contributed by atoms with Crippen molar-refractivity contribution in [2.75, 3.05) is 11.5 Å². The quantitative estimate of drug-likeness (QED) is 0.423. The largest absolute Gasteiger partial charge is 0.162 e. The Bertz CT molecular complexity index is 116. The van der Waals surface area contributed by atoms with Crippen LogP contribution in [0.2, 0.25) is 0 Å². The van der Waals surface area contributed by atoms with E-state index in [0.717, 1.165) is 0 Å². The van der Waals surface area contributed by atoms with E-state index < -0.39 is 0 Å². The van der Waals surface area contributed by atoms with E-state index in [-0.39, 0.29) is 0 Å². The van der Waals surface area contributed by atoms with Gasteiger partial charge in [-0.25, -0.2) is 0 Å². The molecule has 72 valence electrons. The van der Waals surface area contributed by atoms with Gasteiger partial charge in [-0.05, 0) is 51.0 Å². The third kappa shape index (κ3) is 8.19. The second-order valence-electron chi connectivity index (χ2n) is 3.20. The first-order chi connectivity index (χ1) is 5.81. The van der Waals surface area contributed by atoms with Crippen LogP contribution < -0.4 is 0 Å². The van der Waals surface area contributed by atoms with E-state index in [1.165, 1.54) is 42.8 Å². The number of unbranched alkanes of at least 4 members (excludes halogenated alkanes) is 1. The van der Waals surface area contributed by atoms with Gasteiger partial charge in [0, 0.05) is 0 Å². The molecular weight excluding hydrogens is 164 g/mol. The number of hydrogen-bond donors (Lipinski definition) is 0. The van der Waals surface area contributed by atoms with Crippen LogP contribution in [0.4, 0.5) is 0 Å². The Hall–Kier alpha value is 0.0900. The molecular formula is C11H22S. The van der Waals surface area contributed by atoms with Gasteiger partial charge in [0.1, 0.15) is 0 Å². The van der Waals surface area contributed by atoms with Gasteiger partial charge in [-0.15, -0.1) is 0 Å². The minimum atomic E-state index is 1.29. The number of hydrogen-bond acceptors (Lipinski definition) is 1. The predicted octanol–water partition coefficient (Wildman–Crippen LogP) is 4.27. The molecule has 0 aliphatic heterocycles. The summed E-state index contributed by atoms with van der Waals surface area (Å²) in [4.78, 5) is 0. The molecule has 0 aromatic rings. The molecule has 0 rings (SSSR count). The second-order valence-corrected chi connectivity index (χ2v) is 4.43. The van der Waals surface area contributed by atoms with Gasteiger partial charge in [0.25, 0.3) is 0 Å². The minimum Gasteiger partial charge on any atom is -0.162 e. The second kappa shape index (κ2) is 9.18. The summed E-state index contributed by atoms with van der Waals surface area (Å²) in [6.45, 7) is 6.59. The number of allylic oxidation sites excluding steroid dienone is 2. The highest BCUT2D eigenvalue weighted by atomic mass is 32.2. The fraction of sp³-hybridized carbons (Fsp3) is 0.818. The van der Waals surface area contributed by atoms with Crippen molar-refractivity contribution in [1.29, 1.82) is 0 Å². The zero-order chi connectivity index (χ0) is 9.23. The summed E-state index contributed by atoms with van der Waals surface area (Å²) in [5.41, 5.74) is 1.54. The molecule has 0 saturated carbocycles. The summed E-state index contributed by atoms with van der Waals surface area (Å²) in [6.07, 6.45) is 7.59. The molecule has 0 amide bonds. The summed E-state index contributed by atoms with van der Waals surface area (Å²) in [7, 11) is 0. The molecule has 0 aromatic carbocycles. The maximum atomic E-state index is 2.25. The van der Waals surface area contributed by atoms with Crippen molar-refractivity contribution < 1.29 is 0 Å². The maximum absolute atomic E-state index is 2.25. The van der Waals surface area contributed by atoms with E-state index in [9.17, 15) is 0 Å². The molecule has 0 heterocycles. The average molecular weight is 186 g/mol. The number of rotatable bonds is 7. The Labute approximate surface area is 81.8 Å². The molecule has 0 N–H and O–H groups in total. The SMILES string of the molecule is C/C=C(\C)CCCCSCCC. The molecule has 0 atom stereocenters. The first-order valence-electron chi connectivity index (χ1n) is 5.00. The molecule has 0 unspecified atom stereocenters. The van der Waals surface area contributed by atoms with E-state index in [0.29, 0.717) is 0 Å². The Morgan fingerprint density at radius 3 is 2.58 bits per heavy atom. The topological polar surface area (TPSA) is 0 Å². The third-order valence-corrected chi connectivity index (χ3v) is 3.23. The van der Waals surface area contributed by atoms with Crippen LogP contribution >= 0.6 is 11.8 Å². The van der Waals surface area contributed by atoms with Crippen molar-refractivity contribution in [3.63, 3.8) is 0 Å². The van der Waals surface area contributed by atoms with Crippen molar-refractivity contribution in [3.05, 3.63) is 11.6 Å². The lowest BCUT2D eigenvalue weighted by atomic mass is 10.1. The van der Waals surface area contributed by atoms with Gasteiger partial charge >= 0.3 is 0 Å². The summed E-state index contributed by atoms with van der Waals surface area (Å²) in [5.74, 6) is 2.69. The van der Waals surface area contributed by atoms with E-state index in [4.69, 9.17) is 0 Å². The van der Waals surface area contributed by atoms with E-state index in [1.807, 2.05) is 0 Å². The predicted molar refractivity (Wildman–Crippen MR) is 60.9 cm³/mol. The molecule has 0 bridgehead atoms. The third-order valence-electron chi connectivity index (χ3n) is 1.95. The van der Waals surface area contributed by atoms with Gasteiger partial charge in [0.2, 0.25) is 0 Å². The van der Waals surface area contributed by atoms with Crippen molar-refractivity contribution in [3.8, 4) is 0 Å². The van der Waals surface area contributed by atoms with Gasteiger partial charge in [-0.3, -0.25) is 0 Å². The highest BCUT2D eigenvalue weighted by molar-refractivity contribution is 7.99. The lowest BCUT2D eigenvalue weighted by Crippen LogP contribution is -1.84. The van der Waals surface area contributed by atoms with Crippen molar-refractivity contribution in [2.45, 2.75) is 46.5 Å². The maximum Gasteiger partial charge on any atom is -0.00674 e. The normalized spacial score (nSPS) is 12.1. The van der Waals surface area contributed by atoms with Crippen molar-refractivity contribution in [2.24, 2.45) is 0 Å². The molecule has 0 fully saturated rings. The Morgan fingerprint density at radius 2 is 2.00 bits per heavy atom. The summed E-state index contributed by atoms with van der Waals surface area (Å²) in [6, 6.07) is 0. The van der Waals surface area contributed by atoms with Crippen molar-refractivity contribution in [1.82, 2.24) is 0 Å². The van der Waals surface area contributed by atoms with Crippen LogP contribution in [0.3, 0.4) is 0 Å². The number of thioether (sulfide) groups is 1. The van der Waals surface area contributed by atoms with Crippen LogP contribution in [0.1, 0.15) is 46.5 Å². The van der Waals surface area contributed by atoms with Crippen molar-refractivity contribution >= 4 is 11.8 Å². The van der Waals surface area contributed by atoms with E-state index in [1.54, 1.807) is 0 Å². The van der Waals surface area contributed by atoms with Crippen LogP contribution in [0, 0.1) is 0 Å². The van der Waals surface area contributed by atoms with E-state index in [2.05, 4.69) is 38.6 Å². The highest BCUT2D eigenvalue weighted by Gasteiger charge is 1.90. The molecule has 0 aromatic heterocycles. The zero-order valence-electron chi connectivity index (χ0n) is 8.73. The molecule has 12 heavy (non-hydrogen) atoms. The van der Waals surface area contributed by atoms with Crippen LogP contribution in [0.15, 0.2) is 11.6 Å². The lowest BCUT2D eigenvalue weighted by molar-refractivity contribution is 0.793. The van der Waals surface area contributed by atoms with Gasteiger partial charge in [0.15, 0.2) is 0 Å². The molecule has 0 saturated heterocycles. The molecule has 0 nitrogen and oxygen atoms in total. The molecule has 0 spiro atoms. The average Bonchev–Trinajstić information content (AvgIpc) is 2.10. The zero-order valence-corrected chi connectivity index (χ0v) is 9.54. The molecule has 0 radical (unpaired) electrons.